The lowest BCUT2D eigenvalue weighted by Gasteiger charge is -2.23. The van der Waals surface area contributed by atoms with Gasteiger partial charge in [0.1, 0.15) is 0 Å². The first-order valence-electron chi connectivity index (χ1n) is 6.50. The average molecular weight is 255 g/mol. The molecular formula is C13H19F2N3. The third-order valence-corrected chi connectivity index (χ3v) is 3.28. The Bertz CT molecular complexity index is 423. The molecule has 1 aliphatic rings. The second kappa shape index (κ2) is 5.50. The lowest BCUT2D eigenvalue weighted by molar-refractivity contribution is 0.567. The lowest BCUT2D eigenvalue weighted by atomic mass is 10.2. The number of nitrogens with one attached hydrogen (secondary N) is 1. The highest BCUT2D eigenvalue weighted by Gasteiger charge is 2.25. The maximum Gasteiger partial charge on any atom is 0.168 e. The molecule has 2 heterocycles. The first kappa shape index (κ1) is 13.1. The summed E-state index contributed by atoms with van der Waals surface area (Å²) in [7, 11) is 0. The fraction of sp³-hybridized carbons (Fsp3) is 0.615. The summed E-state index contributed by atoms with van der Waals surface area (Å²) < 4.78 is 27.4. The predicted octanol–water partition coefficient (Wildman–Crippen LogP) is 3.17. The van der Waals surface area contributed by atoms with Crippen LogP contribution in [-0.2, 0) is 0 Å². The number of pyridine rings is 1. The summed E-state index contributed by atoms with van der Waals surface area (Å²) in [6, 6.07) is 1.18. The van der Waals surface area contributed by atoms with Gasteiger partial charge in [0.05, 0.1) is 0 Å². The minimum absolute atomic E-state index is 0.146. The van der Waals surface area contributed by atoms with Gasteiger partial charge < -0.3 is 10.2 Å². The van der Waals surface area contributed by atoms with Crippen LogP contribution in [-0.4, -0.2) is 24.1 Å². The largest absolute Gasteiger partial charge is 0.368 e. The van der Waals surface area contributed by atoms with Crippen molar-refractivity contribution >= 4 is 11.6 Å². The summed E-state index contributed by atoms with van der Waals surface area (Å²) in [4.78, 5) is 6.02. The SMILES string of the molecule is CCCNc1nc(N2CCCC2C)c(F)cc1F. The zero-order chi connectivity index (χ0) is 13.1. The molecular weight excluding hydrogens is 236 g/mol. The molecule has 5 heteroatoms. The number of hydrogen-bond donors (Lipinski definition) is 1. The summed E-state index contributed by atoms with van der Waals surface area (Å²) in [6.07, 6.45) is 2.92. The Kier molecular flexibility index (Phi) is 3.99. The highest BCUT2D eigenvalue weighted by Crippen LogP contribution is 2.28. The smallest absolute Gasteiger partial charge is 0.168 e. The van der Waals surface area contributed by atoms with Crippen molar-refractivity contribution in [3.05, 3.63) is 17.7 Å². The molecule has 1 atom stereocenters. The minimum Gasteiger partial charge on any atom is -0.368 e. The normalized spacial score (nSPS) is 19.3. The molecule has 0 amide bonds. The van der Waals surface area contributed by atoms with Gasteiger partial charge in [-0.15, -0.1) is 0 Å². The van der Waals surface area contributed by atoms with E-state index in [-0.39, 0.29) is 17.7 Å². The monoisotopic (exact) mass is 255 g/mol. The first-order valence-corrected chi connectivity index (χ1v) is 6.50. The van der Waals surface area contributed by atoms with E-state index in [1.807, 2.05) is 18.7 Å². The summed E-state index contributed by atoms with van der Waals surface area (Å²) in [5, 5.41) is 2.89. The highest BCUT2D eigenvalue weighted by atomic mass is 19.1. The minimum atomic E-state index is -0.628. The Morgan fingerprint density at radius 2 is 2.22 bits per heavy atom. The molecule has 0 spiro atoms. The topological polar surface area (TPSA) is 28.2 Å². The van der Waals surface area contributed by atoms with Crippen LogP contribution in [0.5, 0.6) is 0 Å². The number of aromatic nitrogens is 1. The van der Waals surface area contributed by atoms with E-state index in [9.17, 15) is 8.78 Å². The maximum atomic E-state index is 13.8. The summed E-state index contributed by atoms with van der Waals surface area (Å²) >= 11 is 0. The lowest BCUT2D eigenvalue weighted by Crippen LogP contribution is -2.28. The molecule has 1 aliphatic heterocycles. The van der Waals surface area contributed by atoms with E-state index in [2.05, 4.69) is 10.3 Å². The molecule has 0 aromatic carbocycles. The Hall–Kier alpha value is -1.39. The number of anilines is 2. The molecule has 0 radical (unpaired) electrons. The fourth-order valence-corrected chi connectivity index (χ4v) is 2.27. The summed E-state index contributed by atoms with van der Waals surface area (Å²) in [5.41, 5.74) is 0. The molecule has 1 aromatic rings. The molecule has 1 N–H and O–H groups in total. The van der Waals surface area contributed by atoms with Gasteiger partial charge in [-0.3, -0.25) is 0 Å². The van der Waals surface area contributed by atoms with Crippen molar-refractivity contribution in [1.82, 2.24) is 4.98 Å². The summed E-state index contributed by atoms with van der Waals surface area (Å²) in [5.74, 6) is -0.799. The van der Waals surface area contributed by atoms with E-state index in [4.69, 9.17) is 0 Å². The molecule has 1 saturated heterocycles. The fourth-order valence-electron chi connectivity index (χ4n) is 2.27. The standard InChI is InChI=1S/C13H19F2N3/c1-3-6-16-12-10(14)8-11(15)13(17-12)18-7-4-5-9(18)2/h8-9H,3-7H2,1-2H3,(H,16,17). The van der Waals surface area contributed by atoms with Gasteiger partial charge in [0.15, 0.2) is 23.3 Å². The summed E-state index contributed by atoms with van der Waals surface area (Å²) in [6.45, 7) is 5.43. The van der Waals surface area contributed by atoms with Crippen LogP contribution in [0, 0.1) is 11.6 Å². The average Bonchev–Trinajstić information content (AvgIpc) is 2.74. The number of hydrogen-bond acceptors (Lipinski definition) is 3. The maximum absolute atomic E-state index is 13.8. The molecule has 100 valence electrons. The van der Waals surface area contributed by atoms with Gasteiger partial charge in [-0.25, -0.2) is 13.8 Å². The number of rotatable bonds is 4. The van der Waals surface area contributed by atoms with Crippen LogP contribution in [0.1, 0.15) is 33.1 Å². The van der Waals surface area contributed by atoms with Crippen LogP contribution < -0.4 is 10.2 Å². The van der Waals surface area contributed by atoms with Crippen LogP contribution in [0.2, 0.25) is 0 Å². The predicted molar refractivity (Wildman–Crippen MR) is 69.0 cm³/mol. The van der Waals surface area contributed by atoms with E-state index in [1.54, 1.807) is 0 Å². The van der Waals surface area contributed by atoms with Gasteiger partial charge in [-0.05, 0) is 26.2 Å². The van der Waals surface area contributed by atoms with E-state index < -0.39 is 11.6 Å². The zero-order valence-corrected chi connectivity index (χ0v) is 10.8. The van der Waals surface area contributed by atoms with Gasteiger partial charge in [-0.1, -0.05) is 6.92 Å². The Morgan fingerprint density at radius 3 is 2.83 bits per heavy atom. The van der Waals surface area contributed by atoms with E-state index in [0.717, 1.165) is 31.9 Å². The van der Waals surface area contributed by atoms with Gasteiger partial charge in [-0.2, -0.15) is 0 Å². The van der Waals surface area contributed by atoms with Crippen LogP contribution in [0.15, 0.2) is 6.07 Å². The van der Waals surface area contributed by atoms with E-state index in [1.165, 1.54) is 0 Å². The van der Waals surface area contributed by atoms with Crippen molar-refractivity contribution in [3.63, 3.8) is 0 Å². The second-order valence-corrected chi connectivity index (χ2v) is 4.74. The van der Waals surface area contributed by atoms with Gasteiger partial charge in [0.2, 0.25) is 0 Å². The van der Waals surface area contributed by atoms with Crippen molar-refractivity contribution < 1.29 is 8.78 Å². The van der Waals surface area contributed by atoms with Crippen molar-refractivity contribution in [2.24, 2.45) is 0 Å². The molecule has 18 heavy (non-hydrogen) atoms. The van der Waals surface area contributed by atoms with Crippen molar-refractivity contribution in [2.45, 2.75) is 39.2 Å². The van der Waals surface area contributed by atoms with E-state index >= 15 is 0 Å². The zero-order valence-electron chi connectivity index (χ0n) is 10.8. The van der Waals surface area contributed by atoms with Crippen LogP contribution in [0.4, 0.5) is 20.4 Å². The van der Waals surface area contributed by atoms with Crippen LogP contribution in [0.25, 0.3) is 0 Å². The Balaban J connectivity index is 2.28. The Morgan fingerprint density at radius 1 is 1.44 bits per heavy atom. The molecule has 1 unspecified atom stereocenters. The van der Waals surface area contributed by atoms with Crippen molar-refractivity contribution in [1.29, 1.82) is 0 Å². The molecule has 0 bridgehead atoms. The van der Waals surface area contributed by atoms with Crippen LogP contribution in [0.3, 0.4) is 0 Å². The van der Waals surface area contributed by atoms with E-state index in [0.29, 0.717) is 6.54 Å². The molecule has 1 fully saturated rings. The van der Waals surface area contributed by atoms with Crippen molar-refractivity contribution in [2.75, 3.05) is 23.3 Å². The quantitative estimate of drug-likeness (QED) is 0.895. The van der Waals surface area contributed by atoms with Crippen molar-refractivity contribution in [3.8, 4) is 0 Å². The molecule has 0 saturated carbocycles. The third-order valence-electron chi connectivity index (χ3n) is 3.28. The number of halogens is 2. The van der Waals surface area contributed by atoms with Crippen LogP contribution >= 0.6 is 0 Å². The molecule has 3 nitrogen and oxygen atoms in total. The number of nitrogens with zero attached hydrogens (tertiary/aromatic N) is 2. The van der Waals surface area contributed by atoms with Gasteiger partial charge in [0.25, 0.3) is 0 Å². The first-order chi connectivity index (χ1) is 8.63. The molecule has 1 aromatic heterocycles. The molecule has 2 rings (SSSR count). The second-order valence-electron chi connectivity index (χ2n) is 4.74. The van der Waals surface area contributed by atoms with Gasteiger partial charge in [0, 0.05) is 25.2 Å². The third kappa shape index (κ3) is 2.54. The Labute approximate surface area is 106 Å². The molecule has 0 aliphatic carbocycles. The van der Waals surface area contributed by atoms with Gasteiger partial charge >= 0.3 is 0 Å². The highest BCUT2D eigenvalue weighted by molar-refractivity contribution is 5.50.